The van der Waals surface area contributed by atoms with Crippen LogP contribution in [0.1, 0.15) is 26.2 Å². The van der Waals surface area contributed by atoms with E-state index >= 15 is 0 Å². The Bertz CT molecular complexity index is 141. The SMILES string of the molecule is CCCOC(=O)C1CCNCC1. The Morgan fingerprint density at radius 2 is 2.17 bits per heavy atom. The van der Waals surface area contributed by atoms with Gasteiger partial charge in [0.25, 0.3) is 0 Å². The van der Waals surface area contributed by atoms with Crippen LogP contribution in [-0.4, -0.2) is 25.7 Å². The van der Waals surface area contributed by atoms with Crippen LogP contribution in [0.25, 0.3) is 0 Å². The molecule has 1 fully saturated rings. The fourth-order valence-corrected chi connectivity index (χ4v) is 1.38. The molecule has 0 aliphatic carbocycles. The van der Waals surface area contributed by atoms with Crippen molar-refractivity contribution >= 4 is 5.97 Å². The molecule has 0 saturated carbocycles. The smallest absolute Gasteiger partial charge is 0.309 e. The zero-order chi connectivity index (χ0) is 8.81. The van der Waals surface area contributed by atoms with Crippen molar-refractivity contribution in [1.29, 1.82) is 0 Å². The summed E-state index contributed by atoms with van der Waals surface area (Å²) in [5.41, 5.74) is 0. The highest BCUT2D eigenvalue weighted by Gasteiger charge is 2.21. The van der Waals surface area contributed by atoms with Crippen LogP contribution in [0.4, 0.5) is 0 Å². The van der Waals surface area contributed by atoms with Gasteiger partial charge in [0, 0.05) is 0 Å². The van der Waals surface area contributed by atoms with Gasteiger partial charge in [0.05, 0.1) is 12.5 Å². The van der Waals surface area contributed by atoms with Gasteiger partial charge in [-0.05, 0) is 32.4 Å². The normalized spacial score (nSPS) is 19.1. The number of rotatable bonds is 3. The maximum atomic E-state index is 11.3. The standard InChI is InChI=1S/C9H17NO2/c1-2-7-12-9(11)8-3-5-10-6-4-8/h8,10H,2-7H2,1H3. The van der Waals surface area contributed by atoms with E-state index in [-0.39, 0.29) is 11.9 Å². The largest absolute Gasteiger partial charge is 0.465 e. The minimum absolute atomic E-state index is 0.00153. The third kappa shape index (κ3) is 2.81. The first-order valence-corrected chi connectivity index (χ1v) is 4.72. The van der Waals surface area contributed by atoms with Crippen LogP contribution in [0.5, 0.6) is 0 Å². The molecule has 0 atom stereocenters. The molecular weight excluding hydrogens is 154 g/mol. The van der Waals surface area contributed by atoms with Gasteiger partial charge in [0.1, 0.15) is 0 Å². The first-order valence-electron chi connectivity index (χ1n) is 4.72. The molecule has 0 spiro atoms. The quantitative estimate of drug-likeness (QED) is 0.642. The average Bonchev–Trinajstić information content (AvgIpc) is 2.15. The van der Waals surface area contributed by atoms with E-state index in [1.165, 1.54) is 0 Å². The first-order chi connectivity index (χ1) is 5.84. The molecule has 1 aliphatic heterocycles. The number of esters is 1. The maximum Gasteiger partial charge on any atom is 0.309 e. The fraction of sp³-hybridized carbons (Fsp3) is 0.889. The van der Waals surface area contributed by atoms with Crippen LogP contribution in [0, 0.1) is 5.92 Å². The van der Waals surface area contributed by atoms with Crippen molar-refractivity contribution in [2.24, 2.45) is 5.92 Å². The highest BCUT2D eigenvalue weighted by molar-refractivity contribution is 5.72. The maximum absolute atomic E-state index is 11.3. The molecule has 1 aliphatic rings. The Morgan fingerprint density at radius 1 is 1.50 bits per heavy atom. The Hall–Kier alpha value is -0.570. The third-order valence-electron chi connectivity index (χ3n) is 2.12. The van der Waals surface area contributed by atoms with Gasteiger partial charge in [-0.15, -0.1) is 0 Å². The Kier molecular flexibility index (Phi) is 4.08. The molecule has 3 heteroatoms. The first kappa shape index (κ1) is 9.52. The lowest BCUT2D eigenvalue weighted by atomic mass is 9.99. The van der Waals surface area contributed by atoms with Gasteiger partial charge in [0.2, 0.25) is 0 Å². The summed E-state index contributed by atoms with van der Waals surface area (Å²) in [4.78, 5) is 11.3. The average molecular weight is 171 g/mol. The van der Waals surface area contributed by atoms with Crippen molar-refractivity contribution < 1.29 is 9.53 Å². The van der Waals surface area contributed by atoms with Gasteiger partial charge in [-0.1, -0.05) is 6.92 Å². The number of carbonyl (C=O) groups excluding carboxylic acids is 1. The van der Waals surface area contributed by atoms with Crippen molar-refractivity contribution in [2.45, 2.75) is 26.2 Å². The van der Waals surface area contributed by atoms with Crippen molar-refractivity contribution in [1.82, 2.24) is 5.32 Å². The molecule has 0 aromatic heterocycles. The Morgan fingerprint density at radius 3 is 2.75 bits per heavy atom. The number of carbonyl (C=O) groups is 1. The van der Waals surface area contributed by atoms with Crippen LogP contribution in [0.2, 0.25) is 0 Å². The molecule has 70 valence electrons. The monoisotopic (exact) mass is 171 g/mol. The second kappa shape index (κ2) is 5.14. The molecule has 0 unspecified atom stereocenters. The van der Waals surface area contributed by atoms with Crippen LogP contribution in [-0.2, 0) is 9.53 Å². The van der Waals surface area contributed by atoms with Crippen molar-refractivity contribution in [3.8, 4) is 0 Å². The Labute approximate surface area is 73.5 Å². The summed E-state index contributed by atoms with van der Waals surface area (Å²) in [6, 6.07) is 0. The lowest BCUT2D eigenvalue weighted by Gasteiger charge is -2.20. The number of hydrogen-bond acceptors (Lipinski definition) is 3. The molecular formula is C9H17NO2. The van der Waals surface area contributed by atoms with Crippen LogP contribution in [0.3, 0.4) is 0 Å². The van der Waals surface area contributed by atoms with E-state index in [0.29, 0.717) is 6.61 Å². The van der Waals surface area contributed by atoms with E-state index in [0.717, 1.165) is 32.4 Å². The summed E-state index contributed by atoms with van der Waals surface area (Å²) in [6.07, 6.45) is 2.78. The molecule has 0 aromatic carbocycles. The third-order valence-corrected chi connectivity index (χ3v) is 2.12. The summed E-state index contributed by atoms with van der Waals surface area (Å²) in [7, 11) is 0. The van der Waals surface area contributed by atoms with Gasteiger partial charge in [-0.2, -0.15) is 0 Å². The molecule has 0 amide bonds. The van der Waals surface area contributed by atoms with Gasteiger partial charge in [-0.3, -0.25) is 4.79 Å². The van der Waals surface area contributed by atoms with E-state index in [1.54, 1.807) is 0 Å². The number of piperidine rings is 1. The fourth-order valence-electron chi connectivity index (χ4n) is 1.38. The second-order valence-corrected chi connectivity index (χ2v) is 3.19. The predicted molar refractivity (Wildman–Crippen MR) is 46.8 cm³/mol. The minimum Gasteiger partial charge on any atom is -0.465 e. The van der Waals surface area contributed by atoms with E-state index in [4.69, 9.17) is 4.74 Å². The Balaban J connectivity index is 2.20. The topological polar surface area (TPSA) is 38.3 Å². The van der Waals surface area contributed by atoms with E-state index < -0.39 is 0 Å². The highest BCUT2D eigenvalue weighted by Crippen LogP contribution is 2.13. The molecule has 1 heterocycles. The van der Waals surface area contributed by atoms with Gasteiger partial charge in [-0.25, -0.2) is 0 Å². The van der Waals surface area contributed by atoms with Crippen LogP contribution in [0.15, 0.2) is 0 Å². The molecule has 0 bridgehead atoms. The summed E-state index contributed by atoms with van der Waals surface area (Å²) >= 11 is 0. The summed E-state index contributed by atoms with van der Waals surface area (Å²) in [5.74, 6) is 0.149. The lowest BCUT2D eigenvalue weighted by molar-refractivity contribution is -0.149. The second-order valence-electron chi connectivity index (χ2n) is 3.19. The number of nitrogens with one attached hydrogen (secondary N) is 1. The zero-order valence-corrected chi connectivity index (χ0v) is 7.64. The number of hydrogen-bond donors (Lipinski definition) is 1. The summed E-state index contributed by atoms with van der Waals surface area (Å²) < 4.78 is 5.06. The molecule has 3 nitrogen and oxygen atoms in total. The molecule has 12 heavy (non-hydrogen) atoms. The molecule has 0 radical (unpaired) electrons. The van der Waals surface area contributed by atoms with E-state index in [2.05, 4.69) is 5.32 Å². The molecule has 1 rings (SSSR count). The molecule has 0 aromatic rings. The van der Waals surface area contributed by atoms with Crippen LogP contribution < -0.4 is 5.32 Å². The van der Waals surface area contributed by atoms with Gasteiger partial charge >= 0.3 is 5.97 Å². The summed E-state index contributed by atoms with van der Waals surface area (Å²) in [6.45, 7) is 4.48. The van der Waals surface area contributed by atoms with E-state index in [1.807, 2.05) is 6.92 Å². The van der Waals surface area contributed by atoms with Gasteiger partial charge in [0.15, 0.2) is 0 Å². The predicted octanol–water partition coefficient (Wildman–Crippen LogP) is 0.939. The lowest BCUT2D eigenvalue weighted by Crippen LogP contribution is -2.32. The van der Waals surface area contributed by atoms with Gasteiger partial charge < -0.3 is 10.1 Å². The van der Waals surface area contributed by atoms with Crippen molar-refractivity contribution in [2.75, 3.05) is 19.7 Å². The van der Waals surface area contributed by atoms with Crippen molar-refractivity contribution in [3.05, 3.63) is 0 Å². The minimum atomic E-state index is -0.00153. The zero-order valence-electron chi connectivity index (χ0n) is 7.64. The van der Waals surface area contributed by atoms with E-state index in [9.17, 15) is 4.79 Å². The molecule has 1 saturated heterocycles. The molecule has 1 N–H and O–H groups in total. The highest BCUT2D eigenvalue weighted by atomic mass is 16.5. The number of ether oxygens (including phenoxy) is 1. The summed E-state index contributed by atoms with van der Waals surface area (Å²) in [5, 5.41) is 3.22. The van der Waals surface area contributed by atoms with Crippen LogP contribution >= 0.6 is 0 Å². The van der Waals surface area contributed by atoms with Crippen molar-refractivity contribution in [3.63, 3.8) is 0 Å².